The SMILES string of the molecule is CCCCCc1ccc(C=Cc2ccc(OC(F)(F)F)cc2)cc1. The summed E-state index contributed by atoms with van der Waals surface area (Å²) >= 11 is 0. The highest BCUT2D eigenvalue weighted by Crippen LogP contribution is 2.23. The van der Waals surface area contributed by atoms with Gasteiger partial charge in [-0.15, -0.1) is 13.2 Å². The lowest BCUT2D eigenvalue weighted by molar-refractivity contribution is -0.274. The molecule has 0 aliphatic rings. The van der Waals surface area contributed by atoms with Gasteiger partial charge in [-0.2, -0.15) is 0 Å². The molecule has 0 bridgehead atoms. The van der Waals surface area contributed by atoms with Crippen LogP contribution in [0.4, 0.5) is 13.2 Å². The van der Waals surface area contributed by atoms with Crippen molar-refractivity contribution in [1.82, 2.24) is 0 Å². The molecule has 128 valence electrons. The highest BCUT2D eigenvalue weighted by molar-refractivity contribution is 5.69. The largest absolute Gasteiger partial charge is 0.573 e. The van der Waals surface area contributed by atoms with Gasteiger partial charge in [-0.25, -0.2) is 0 Å². The van der Waals surface area contributed by atoms with Crippen LogP contribution in [0, 0.1) is 0 Å². The van der Waals surface area contributed by atoms with Gasteiger partial charge in [0.1, 0.15) is 5.75 Å². The van der Waals surface area contributed by atoms with Gasteiger partial charge in [0.05, 0.1) is 0 Å². The van der Waals surface area contributed by atoms with E-state index in [1.165, 1.54) is 37.0 Å². The molecule has 0 atom stereocenters. The van der Waals surface area contributed by atoms with Crippen molar-refractivity contribution in [3.63, 3.8) is 0 Å². The topological polar surface area (TPSA) is 9.23 Å². The lowest BCUT2D eigenvalue weighted by atomic mass is 10.0. The Morgan fingerprint density at radius 3 is 1.88 bits per heavy atom. The zero-order valence-electron chi connectivity index (χ0n) is 13.6. The monoisotopic (exact) mass is 334 g/mol. The maximum Gasteiger partial charge on any atom is 0.573 e. The Labute approximate surface area is 140 Å². The van der Waals surface area contributed by atoms with Crippen molar-refractivity contribution < 1.29 is 17.9 Å². The van der Waals surface area contributed by atoms with Crippen molar-refractivity contribution >= 4 is 12.2 Å². The predicted octanol–water partition coefficient (Wildman–Crippen LogP) is 6.49. The van der Waals surface area contributed by atoms with Crippen LogP contribution in [0.25, 0.3) is 12.2 Å². The third-order valence-electron chi connectivity index (χ3n) is 3.63. The molecule has 1 nitrogen and oxygen atoms in total. The van der Waals surface area contributed by atoms with Crippen molar-refractivity contribution in [3.05, 3.63) is 65.2 Å². The summed E-state index contributed by atoms with van der Waals surface area (Å²) in [7, 11) is 0. The third kappa shape index (κ3) is 6.49. The van der Waals surface area contributed by atoms with Gasteiger partial charge in [0.25, 0.3) is 0 Å². The number of hydrogen-bond acceptors (Lipinski definition) is 1. The van der Waals surface area contributed by atoms with Crippen LogP contribution < -0.4 is 4.74 Å². The number of alkyl halides is 3. The Morgan fingerprint density at radius 1 is 0.833 bits per heavy atom. The molecule has 0 saturated heterocycles. The number of ether oxygens (including phenoxy) is 1. The van der Waals surface area contributed by atoms with Gasteiger partial charge in [0, 0.05) is 0 Å². The standard InChI is InChI=1S/C20H21F3O/c1-2-3-4-5-16-6-8-17(9-7-16)10-11-18-12-14-19(15-13-18)24-20(21,22)23/h6-15H,2-5H2,1H3. The minimum Gasteiger partial charge on any atom is -0.406 e. The second-order valence-electron chi connectivity index (χ2n) is 5.65. The summed E-state index contributed by atoms with van der Waals surface area (Å²) in [6, 6.07) is 14.2. The van der Waals surface area contributed by atoms with Gasteiger partial charge < -0.3 is 4.74 Å². The Bertz CT molecular complexity index is 640. The second kappa shape index (κ2) is 8.57. The molecule has 0 amide bonds. The summed E-state index contributed by atoms with van der Waals surface area (Å²) in [5.41, 5.74) is 3.20. The van der Waals surface area contributed by atoms with Crippen molar-refractivity contribution in [1.29, 1.82) is 0 Å². The molecule has 2 aromatic rings. The molecule has 0 heterocycles. The molecule has 4 heteroatoms. The van der Waals surface area contributed by atoms with Gasteiger partial charge in [-0.3, -0.25) is 0 Å². The fourth-order valence-corrected chi connectivity index (χ4v) is 2.35. The fraction of sp³-hybridized carbons (Fsp3) is 0.300. The Hall–Kier alpha value is -2.23. The van der Waals surface area contributed by atoms with Crippen LogP contribution >= 0.6 is 0 Å². The first-order chi connectivity index (χ1) is 11.5. The number of hydrogen-bond donors (Lipinski definition) is 0. The van der Waals surface area contributed by atoms with Crippen LogP contribution in [0.15, 0.2) is 48.5 Å². The molecule has 0 saturated carbocycles. The zero-order valence-corrected chi connectivity index (χ0v) is 13.6. The van der Waals surface area contributed by atoms with Crippen molar-refractivity contribution in [2.24, 2.45) is 0 Å². The first-order valence-electron chi connectivity index (χ1n) is 8.09. The van der Waals surface area contributed by atoms with Gasteiger partial charge in [-0.1, -0.05) is 68.3 Å². The molecular formula is C20H21F3O. The molecule has 0 spiro atoms. The molecule has 0 fully saturated rings. The minimum atomic E-state index is -4.66. The molecule has 0 aromatic heterocycles. The number of unbranched alkanes of at least 4 members (excludes halogenated alkanes) is 2. The van der Waals surface area contributed by atoms with E-state index < -0.39 is 6.36 Å². The third-order valence-corrected chi connectivity index (χ3v) is 3.63. The summed E-state index contributed by atoms with van der Waals surface area (Å²) < 4.78 is 40.2. The Balaban J connectivity index is 1.93. The van der Waals surface area contributed by atoms with E-state index in [9.17, 15) is 13.2 Å². The van der Waals surface area contributed by atoms with Crippen molar-refractivity contribution in [2.75, 3.05) is 0 Å². The average molecular weight is 334 g/mol. The van der Waals surface area contributed by atoms with E-state index in [-0.39, 0.29) is 5.75 Å². The minimum absolute atomic E-state index is 0.212. The highest BCUT2D eigenvalue weighted by atomic mass is 19.4. The van der Waals surface area contributed by atoms with Gasteiger partial charge in [0.15, 0.2) is 0 Å². The first kappa shape index (κ1) is 18.1. The van der Waals surface area contributed by atoms with Crippen molar-refractivity contribution in [3.8, 4) is 5.75 Å². The highest BCUT2D eigenvalue weighted by Gasteiger charge is 2.30. The molecule has 0 N–H and O–H groups in total. The Kier molecular flexibility index (Phi) is 6.47. The van der Waals surface area contributed by atoms with E-state index in [1.807, 2.05) is 12.2 Å². The van der Waals surface area contributed by atoms with Crippen LogP contribution in [0.1, 0.15) is 42.9 Å². The van der Waals surface area contributed by atoms with Gasteiger partial charge in [-0.05, 0) is 41.7 Å². The maximum atomic E-state index is 12.1. The van der Waals surface area contributed by atoms with E-state index in [0.717, 1.165) is 17.5 Å². The lowest BCUT2D eigenvalue weighted by Crippen LogP contribution is -2.16. The maximum absolute atomic E-state index is 12.1. The first-order valence-corrected chi connectivity index (χ1v) is 8.09. The molecule has 0 unspecified atom stereocenters. The van der Waals surface area contributed by atoms with E-state index in [4.69, 9.17) is 0 Å². The summed E-state index contributed by atoms with van der Waals surface area (Å²) in [5, 5.41) is 0. The van der Waals surface area contributed by atoms with Crippen LogP contribution in [-0.4, -0.2) is 6.36 Å². The quantitative estimate of drug-likeness (QED) is 0.415. The summed E-state index contributed by atoms with van der Waals surface area (Å²) in [6.45, 7) is 2.19. The van der Waals surface area contributed by atoms with Crippen molar-refractivity contribution in [2.45, 2.75) is 39.0 Å². The van der Waals surface area contributed by atoms with E-state index >= 15 is 0 Å². The van der Waals surface area contributed by atoms with E-state index in [0.29, 0.717) is 0 Å². The smallest absolute Gasteiger partial charge is 0.406 e. The second-order valence-corrected chi connectivity index (χ2v) is 5.65. The lowest BCUT2D eigenvalue weighted by Gasteiger charge is -2.08. The van der Waals surface area contributed by atoms with Crippen LogP contribution in [0.5, 0.6) is 5.75 Å². The number of aryl methyl sites for hydroxylation is 1. The van der Waals surface area contributed by atoms with Crippen LogP contribution in [0.2, 0.25) is 0 Å². The molecular weight excluding hydrogens is 313 g/mol. The Morgan fingerprint density at radius 2 is 1.38 bits per heavy atom. The molecule has 2 rings (SSSR count). The molecule has 0 aliphatic heterocycles. The van der Waals surface area contributed by atoms with E-state index in [1.54, 1.807) is 12.1 Å². The molecule has 0 aliphatic carbocycles. The number of rotatable bonds is 7. The predicted molar refractivity (Wildman–Crippen MR) is 91.7 cm³/mol. The van der Waals surface area contributed by atoms with Gasteiger partial charge >= 0.3 is 6.36 Å². The van der Waals surface area contributed by atoms with Gasteiger partial charge in [0.2, 0.25) is 0 Å². The normalized spacial score (nSPS) is 11.8. The van der Waals surface area contributed by atoms with Crippen LogP contribution in [0.3, 0.4) is 0 Å². The fourth-order valence-electron chi connectivity index (χ4n) is 2.35. The summed E-state index contributed by atoms with van der Waals surface area (Å²) in [6.07, 6.45) is 3.91. The molecule has 2 aromatic carbocycles. The van der Waals surface area contributed by atoms with E-state index in [2.05, 4.69) is 35.9 Å². The number of halogens is 3. The molecule has 24 heavy (non-hydrogen) atoms. The van der Waals surface area contributed by atoms with Crippen LogP contribution in [-0.2, 0) is 6.42 Å². The summed E-state index contributed by atoms with van der Waals surface area (Å²) in [5.74, 6) is -0.212. The number of benzene rings is 2. The molecule has 0 radical (unpaired) electrons. The summed E-state index contributed by atoms with van der Waals surface area (Å²) in [4.78, 5) is 0. The zero-order chi connectivity index (χ0) is 17.4. The average Bonchev–Trinajstić information content (AvgIpc) is 2.54.